The Bertz CT molecular complexity index is 511. The van der Waals surface area contributed by atoms with Crippen LogP contribution in [0.2, 0.25) is 18.1 Å². The van der Waals surface area contributed by atoms with Gasteiger partial charge in [-0.15, -0.1) is 0 Å². The minimum absolute atomic E-state index is 0.169. The van der Waals surface area contributed by atoms with Gasteiger partial charge in [0.05, 0.1) is 21.3 Å². The zero-order valence-electron chi connectivity index (χ0n) is 14.1. The standard InChI is InChI=1S/C17H25F3O2Si/c1-5-23(6-2,7-3)15(12-17(18,19)20)16(21)13-8-10-14(22-4)11-9-13/h8-12,16,21H,5-7H2,1-4H3/b15-12+. The molecule has 1 N–H and O–H groups in total. The Morgan fingerprint density at radius 2 is 1.61 bits per heavy atom. The molecule has 0 radical (unpaired) electrons. The van der Waals surface area contributed by atoms with E-state index in [1.807, 2.05) is 20.8 Å². The molecule has 0 heterocycles. The lowest BCUT2D eigenvalue weighted by molar-refractivity contribution is -0.0810. The Morgan fingerprint density at radius 3 is 1.96 bits per heavy atom. The second kappa shape index (κ2) is 8.01. The molecule has 1 aromatic carbocycles. The van der Waals surface area contributed by atoms with Gasteiger partial charge in [0.25, 0.3) is 0 Å². The number of ether oxygens (including phenoxy) is 1. The first-order valence-electron chi connectivity index (χ1n) is 7.85. The second-order valence-corrected chi connectivity index (χ2v) is 10.9. The zero-order chi connectivity index (χ0) is 17.7. The van der Waals surface area contributed by atoms with Gasteiger partial charge in [-0.1, -0.05) is 51.0 Å². The van der Waals surface area contributed by atoms with Crippen LogP contribution in [-0.4, -0.2) is 26.5 Å². The topological polar surface area (TPSA) is 29.5 Å². The van der Waals surface area contributed by atoms with Gasteiger partial charge in [-0.2, -0.15) is 13.2 Å². The molecule has 0 aliphatic rings. The molecule has 1 aromatic rings. The van der Waals surface area contributed by atoms with E-state index in [9.17, 15) is 18.3 Å². The Labute approximate surface area is 137 Å². The summed E-state index contributed by atoms with van der Waals surface area (Å²) in [4.78, 5) is 0. The van der Waals surface area contributed by atoms with Gasteiger partial charge in [0.1, 0.15) is 5.75 Å². The van der Waals surface area contributed by atoms with E-state index in [0.717, 1.165) is 0 Å². The average Bonchev–Trinajstić information content (AvgIpc) is 2.54. The normalized spacial score (nSPS) is 14.7. The maximum Gasteiger partial charge on any atom is 0.409 e. The lowest BCUT2D eigenvalue weighted by Crippen LogP contribution is -2.38. The van der Waals surface area contributed by atoms with Crippen LogP contribution in [0, 0.1) is 0 Å². The van der Waals surface area contributed by atoms with Gasteiger partial charge >= 0.3 is 6.18 Å². The fourth-order valence-electron chi connectivity index (χ4n) is 3.03. The third-order valence-corrected chi connectivity index (χ3v) is 10.4. The Hall–Kier alpha value is -1.27. The van der Waals surface area contributed by atoms with Crippen molar-refractivity contribution in [2.75, 3.05) is 7.11 Å². The van der Waals surface area contributed by atoms with Gasteiger partial charge in [-0.3, -0.25) is 0 Å². The van der Waals surface area contributed by atoms with Crippen molar-refractivity contribution in [2.45, 2.75) is 51.2 Å². The minimum Gasteiger partial charge on any atom is -0.497 e. The Kier molecular flexibility index (Phi) is 6.89. The Morgan fingerprint density at radius 1 is 1.13 bits per heavy atom. The number of hydrogen-bond donors (Lipinski definition) is 1. The van der Waals surface area contributed by atoms with E-state index >= 15 is 0 Å². The fraction of sp³-hybridized carbons (Fsp3) is 0.529. The van der Waals surface area contributed by atoms with Crippen molar-refractivity contribution in [1.29, 1.82) is 0 Å². The second-order valence-electron chi connectivity index (χ2n) is 5.66. The van der Waals surface area contributed by atoms with Crippen molar-refractivity contribution in [3.05, 3.63) is 41.1 Å². The van der Waals surface area contributed by atoms with Gasteiger partial charge in [0, 0.05) is 6.08 Å². The summed E-state index contributed by atoms with van der Waals surface area (Å²) in [5, 5.41) is 10.8. The van der Waals surface area contributed by atoms with Crippen LogP contribution < -0.4 is 4.74 Å². The largest absolute Gasteiger partial charge is 0.497 e. The molecule has 0 saturated carbocycles. The predicted octanol–water partition coefficient (Wildman–Crippen LogP) is 5.27. The summed E-state index contributed by atoms with van der Waals surface area (Å²) in [5.74, 6) is 0.604. The average molecular weight is 346 g/mol. The van der Waals surface area contributed by atoms with E-state index in [2.05, 4.69) is 0 Å². The molecule has 0 bridgehead atoms. The van der Waals surface area contributed by atoms with Gasteiger partial charge in [-0.25, -0.2) is 0 Å². The SMILES string of the molecule is CC[Si](CC)(CC)/C(=C/C(F)(F)F)C(O)c1ccc(OC)cc1. The maximum absolute atomic E-state index is 13.1. The predicted molar refractivity (Wildman–Crippen MR) is 89.3 cm³/mol. The monoisotopic (exact) mass is 346 g/mol. The number of hydrogen-bond acceptors (Lipinski definition) is 2. The van der Waals surface area contributed by atoms with Crippen molar-refractivity contribution in [3.63, 3.8) is 0 Å². The van der Waals surface area contributed by atoms with Crippen LogP contribution in [0.5, 0.6) is 5.75 Å². The van der Waals surface area contributed by atoms with Crippen LogP contribution in [0.4, 0.5) is 13.2 Å². The molecule has 0 aliphatic carbocycles. The lowest BCUT2D eigenvalue weighted by Gasteiger charge is -2.34. The number of methoxy groups -OCH3 is 1. The van der Waals surface area contributed by atoms with Crippen LogP contribution in [0.15, 0.2) is 35.5 Å². The molecule has 1 atom stereocenters. The van der Waals surface area contributed by atoms with Gasteiger partial charge < -0.3 is 9.84 Å². The molecule has 0 saturated heterocycles. The summed E-state index contributed by atoms with van der Waals surface area (Å²) in [7, 11) is -0.847. The summed E-state index contributed by atoms with van der Waals surface area (Å²) >= 11 is 0. The highest BCUT2D eigenvalue weighted by Gasteiger charge is 2.39. The summed E-state index contributed by atoms with van der Waals surface area (Å²) in [5.41, 5.74) is 0.466. The number of alkyl halides is 3. The minimum atomic E-state index is -4.43. The van der Waals surface area contributed by atoms with Crippen LogP contribution in [0.25, 0.3) is 0 Å². The summed E-state index contributed by atoms with van der Waals surface area (Å²) in [6, 6.07) is 8.56. The highest BCUT2D eigenvalue weighted by molar-refractivity contribution is 6.86. The third kappa shape index (κ3) is 4.85. The number of aliphatic hydroxyl groups is 1. The van der Waals surface area contributed by atoms with Gasteiger partial charge in [0.15, 0.2) is 0 Å². The zero-order valence-corrected chi connectivity index (χ0v) is 15.1. The summed E-state index contributed by atoms with van der Waals surface area (Å²) < 4.78 is 44.2. The molecule has 23 heavy (non-hydrogen) atoms. The Balaban J connectivity index is 3.35. The maximum atomic E-state index is 13.1. The van der Waals surface area contributed by atoms with Crippen molar-refractivity contribution in [3.8, 4) is 5.75 Å². The van der Waals surface area contributed by atoms with E-state index < -0.39 is 20.4 Å². The summed E-state index contributed by atoms with van der Waals surface area (Å²) in [6.07, 6.45) is -5.32. The first-order valence-corrected chi connectivity index (χ1v) is 10.5. The van der Waals surface area contributed by atoms with Crippen LogP contribution in [0.1, 0.15) is 32.4 Å². The molecule has 0 spiro atoms. The molecular weight excluding hydrogens is 321 g/mol. The highest BCUT2D eigenvalue weighted by Crippen LogP contribution is 2.39. The van der Waals surface area contributed by atoms with E-state index in [-0.39, 0.29) is 5.20 Å². The van der Waals surface area contributed by atoms with Crippen molar-refractivity contribution < 1.29 is 23.0 Å². The lowest BCUT2D eigenvalue weighted by atomic mass is 10.1. The quantitative estimate of drug-likeness (QED) is 0.682. The number of rotatable bonds is 7. The first kappa shape index (κ1) is 19.8. The number of benzene rings is 1. The molecule has 0 aliphatic heterocycles. The molecule has 130 valence electrons. The molecule has 1 rings (SSSR count). The first-order chi connectivity index (χ1) is 10.7. The fourth-order valence-corrected chi connectivity index (χ4v) is 6.97. The molecule has 6 heteroatoms. The molecule has 1 unspecified atom stereocenters. The van der Waals surface area contributed by atoms with E-state index in [0.29, 0.717) is 35.5 Å². The molecule has 0 amide bonds. The molecular formula is C17H25F3O2Si. The van der Waals surface area contributed by atoms with E-state index in [1.165, 1.54) is 7.11 Å². The van der Waals surface area contributed by atoms with Crippen LogP contribution in [0.3, 0.4) is 0 Å². The number of aliphatic hydroxyl groups excluding tert-OH is 1. The van der Waals surface area contributed by atoms with Gasteiger partial charge in [0.2, 0.25) is 0 Å². The van der Waals surface area contributed by atoms with Gasteiger partial charge in [-0.05, 0) is 22.9 Å². The highest BCUT2D eigenvalue weighted by atomic mass is 28.3. The molecule has 2 nitrogen and oxygen atoms in total. The van der Waals surface area contributed by atoms with Crippen LogP contribution in [-0.2, 0) is 0 Å². The van der Waals surface area contributed by atoms with E-state index in [1.54, 1.807) is 24.3 Å². The van der Waals surface area contributed by atoms with Crippen molar-refractivity contribution in [2.24, 2.45) is 0 Å². The number of halogens is 3. The molecule has 0 fully saturated rings. The third-order valence-electron chi connectivity index (χ3n) is 4.69. The number of allylic oxidation sites excluding steroid dienone is 1. The smallest absolute Gasteiger partial charge is 0.409 e. The van der Waals surface area contributed by atoms with Crippen LogP contribution >= 0.6 is 0 Å². The van der Waals surface area contributed by atoms with Crippen molar-refractivity contribution in [1.82, 2.24) is 0 Å². The van der Waals surface area contributed by atoms with E-state index in [4.69, 9.17) is 4.74 Å². The summed E-state index contributed by atoms with van der Waals surface area (Å²) in [6.45, 7) is 5.76. The molecule has 0 aromatic heterocycles. The van der Waals surface area contributed by atoms with Crippen molar-refractivity contribution >= 4 is 8.07 Å².